The largest absolute Gasteiger partial charge is 0.478 e. The van der Waals surface area contributed by atoms with Crippen molar-refractivity contribution < 1.29 is 9.90 Å². The van der Waals surface area contributed by atoms with Gasteiger partial charge in [0.1, 0.15) is 0 Å². The van der Waals surface area contributed by atoms with Gasteiger partial charge in [-0.15, -0.1) is 0 Å². The van der Waals surface area contributed by atoms with Crippen LogP contribution in [-0.2, 0) is 6.42 Å². The highest BCUT2D eigenvalue weighted by atomic mass is 16.4. The third-order valence-electron chi connectivity index (χ3n) is 2.68. The molecule has 1 aliphatic rings. The molecule has 0 spiro atoms. The summed E-state index contributed by atoms with van der Waals surface area (Å²) in [6, 6.07) is 0. The summed E-state index contributed by atoms with van der Waals surface area (Å²) in [6.07, 6.45) is 5.15. The molecule has 2 rings (SSSR count). The van der Waals surface area contributed by atoms with Crippen LogP contribution >= 0.6 is 0 Å². The van der Waals surface area contributed by atoms with Gasteiger partial charge in [-0.05, 0) is 29.9 Å². The average molecular weight is 177 g/mol. The second-order valence-electron chi connectivity index (χ2n) is 3.50. The summed E-state index contributed by atoms with van der Waals surface area (Å²) in [5.41, 5.74) is 2.47. The SMILES string of the molecule is C[C@H]1CCc2c(C(=O)O)cncc21. The number of aromatic carboxylic acids is 1. The number of nitrogens with zero attached hydrogens (tertiary/aromatic N) is 1. The molecule has 3 heteroatoms. The highest BCUT2D eigenvalue weighted by Crippen LogP contribution is 2.33. The maximum absolute atomic E-state index is 10.8. The molecule has 0 saturated carbocycles. The normalized spacial score (nSPS) is 19.9. The maximum Gasteiger partial charge on any atom is 0.337 e. The lowest BCUT2D eigenvalue weighted by Gasteiger charge is -2.04. The zero-order chi connectivity index (χ0) is 9.42. The van der Waals surface area contributed by atoms with Gasteiger partial charge in [-0.1, -0.05) is 6.92 Å². The molecule has 0 amide bonds. The Morgan fingerprint density at radius 2 is 2.38 bits per heavy atom. The highest BCUT2D eigenvalue weighted by Gasteiger charge is 2.23. The molecule has 1 aliphatic carbocycles. The number of carboxylic acids is 1. The van der Waals surface area contributed by atoms with Crippen molar-refractivity contribution in [2.24, 2.45) is 0 Å². The fourth-order valence-corrected chi connectivity index (χ4v) is 1.91. The van der Waals surface area contributed by atoms with Gasteiger partial charge >= 0.3 is 5.97 Å². The molecule has 0 unspecified atom stereocenters. The second kappa shape index (κ2) is 2.83. The first kappa shape index (κ1) is 8.23. The number of fused-ring (bicyclic) bond motifs is 1. The predicted molar refractivity (Wildman–Crippen MR) is 47.9 cm³/mol. The molecule has 0 saturated heterocycles. The van der Waals surface area contributed by atoms with Gasteiger partial charge in [-0.2, -0.15) is 0 Å². The van der Waals surface area contributed by atoms with Crippen molar-refractivity contribution in [2.75, 3.05) is 0 Å². The molecular formula is C10H11NO2. The van der Waals surface area contributed by atoms with E-state index < -0.39 is 5.97 Å². The zero-order valence-corrected chi connectivity index (χ0v) is 7.45. The fraction of sp³-hybridized carbons (Fsp3) is 0.400. The maximum atomic E-state index is 10.8. The average Bonchev–Trinajstić information content (AvgIpc) is 2.48. The van der Waals surface area contributed by atoms with Crippen LogP contribution in [0.1, 0.15) is 40.7 Å². The molecule has 1 heterocycles. The van der Waals surface area contributed by atoms with E-state index in [2.05, 4.69) is 11.9 Å². The summed E-state index contributed by atoms with van der Waals surface area (Å²) in [5.74, 6) is -0.403. The van der Waals surface area contributed by atoms with Gasteiger partial charge < -0.3 is 5.11 Å². The van der Waals surface area contributed by atoms with Crippen molar-refractivity contribution in [2.45, 2.75) is 25.7 Å². The summed E-state index contributed by atoms with van der Waals surface area (Å²) in [5, 5.41) is 8.90. The highest BCUT2D eigenvalue weighted by molar-refractivity contribution is 5.89. The first-order valence-electron chi connectivity index (χ1n) is 4.40. The molecule has 13 heavy (non-hydrogen) atoms. The summed E-state index contributed by atoms with van der Waals surface area (Å²) in [7, 11) is 0. The van der Waals surface area contributed by atoms with Crippen LogP contribution in [-0.4, -0.2) is 16.1 Å². The standard InChI is InChI=1S/C10H11NO2/c1-6-2-3-7-8(6)4-11-5-9(7)10(12)13/h4-6H,2-3H2,1H3,(H,12,13)/t6-/m0/s1. The van der Waals surface area contributed by atoms with E-state index in [0.717, 1.165) is 24.0 Å². The van der Waals surface area contributed by atoms with E-state index in [9.17, 15) is 4.79 Å². The van der Waals surface area contributed by atoms with E-state index >= 15 is 0 Å². The second-order valence-corrected chi connectivity index (χ2v) is 3.50. The van der Waals surface area contributed by atoms with Crippen LogP contribution in [0.25, 0.3) is 0 Å². The summed E-state index contributed by atoms with van der Waals surface area (Å²) >= 11 is 0. The van der Waals surface area contributed by atoms with Crippen LogP contribution < -0.4 is 0 Å². The Morgan fingerprint density at radius 1 is 1.62 bits per heavy atom. The van der Waals surface area contributed by atoms with E-state index in [1.165, 1.54) is 6.20 Å². The van der Waals surface area contributed by atoms with Crippen molar-refractivity contribution in [3.8, 4) is 0 Å². The Hall–Kier alpha value is -1.38. The Balaban J connectivity index is 2.57. The predicted octanol–water partition coefficient (Wildman–Crippen LogP) is 1.83. The number of carboxylic acid groups (broad SMARTS) is 1. The molecule has 0 radical (unpaired) electrons. The fourth-order valence-electron chi connectivity index (χ4n) is 1.91. The lowest BCUT2D eigenvalue weighted by atomic mass is 10.0. The van der Waals surface area contributed by atoms with Gasteiger partial charge in [0.15, 0.2) is 0 Å². The minimum Gasteiger partial charge on any atom is -0.478 e. The van der Waals surface area contributed by atoms with Crippen molar-refractivity contribution in [3.05, 3.63) is 29.1 Å². The molecule has 0 fully saturated rings. The van der Waals surface area contributed by atoms with Crippen molar-refractivity contribution in [3.63, 3.8) is 0 Å². The van der Waals surface area contributed by atoms with E-state index in [1.807, 2.05) is 0 Å². The van der Waals surface area contributed by atoms with E-state index in [0.29, 0.717) is 11.5 Å². The molecule has 0 aromatic carbocycles. The summed E-state index contributed by atoms with van der Waals surface area (Å²) in [6.45, 7) is 2.11. The Bertz CT molecular complexity index is 360. The molecule has 3 nitrogen and oxygen atoms in total. The van der Waals surface area contributed by atoms with Crippen LogP contribution in [0.3, 0.4) is 0 Å². The van der Waals surface area contributed by atoms with Crippen molar-refractivity contribution in [1.82, 2.24) is 4.98 Å². The molecule has 68 valence electrons. The Kier molecular flexibility index (Phi) is 1.79. The van der Waals surface area contributed by atoms with Gasteiger partial charge in [0.05, 0.1) is 5.56 Å². The molecule has 1 atom stereocenters. The van der Waals surface area contributed by atoms with E-state index in [4.69, 9.17) is 5.11 Å². The van der Waals surface area contributed by atoms with Crippen LogP contribution in [0.15, 0.2) is 12.4 Å². The Morgan fingerprint density at radius 3 is 3.08 bits per heavy atom. The molecule has 1 N–H and O–H groups in total. The van der Waals surface area contributed by atoms with Crippen LogP contribution in [0, 0.1) is 0 Å². The quantitative estimate of drug-likeness (QED) is 0.711. The lowest BCUT2D eigenvalue weighted by Crippen LogP contribution is -2.03. The minimum atomic E-state index is -0.863. The van der Waals surface area contributed by atoms with E-state index in [1.54, 1.807) is 6.20 Å². The first-order valence-corrected chi connectivity index (χ1v) is 4.40. The first-order chi connectivity index (χ1) is 6.20. The summed E-state index contributed by atoms with van der Waals surface area (Å²) < 4.78 is 0. The van der Waals surface area contributed by atoms with Crippen molar-refractivity contribution in [1.29, 1.82) is 0 Å². The van der Waals surface area contributed by atoms with Crippen LogP contribution in [0.2, 0.25) is 0 Å². The minimum absolute atomic E-state index is 0.377. The van der Waals surface area contributed by atoms with Gasteiger partial charge in [0, 0.05) is 12.4 Å². The third-order valence-corrected chi connectivity index (χ3v) is 2.68. The van der Waals surface area contributed by atoms with E-state index in [-0.39, 0.29) is 0 Å². The zero-order valence-electron chi connectivity index (χ0n) is 7.45. The third kappa shape index (κ3) is 1.20. The van der Waals surface area contributed by atoms with Crippen LogP contribution in [0.4, 0.5) is 0 Å². The molecule has 0 bridgehead atoms. The Labute approximate surface area is 76.4 Å². The summed E-state index contributed by atoms with van der Waals surface area (Å²) in [4.78, 5) is 14.8. The van der Waals surface area contributed by atoms with Gasteiger partial charge in [0.25, 0.3) is 0 Å². The van der Waals surface area contributed by atoms with Crippen molar-refractivity contribution >= 4 is 5.97 Å². The van der Waals surface area contributed by atoms with Crippen LogP contribution in [0.5, 0.6) is 0 Å². The van der Waals surface area contributed by atoms with Gasteiger partial charge in [-0.25, -0.2) is 4.79 Å². The van der Waals surface area contributed by atoms with Gasteiger partial charge in [-0.3, -0.25) is 4.98 Å². The number of carbonyl (C=O) groups is 1. The monoisotopic (exact) mass is 177 g/mol. The molecule has 1 aromatic heterocycles. The lowest BCUT2D eigenvalue weighted by molar-refractivity contribution is 0.0695. The number of rotatable bonds is 1. The molecule has 0 aliphatic heterocycles. The number of pyridine rings is 1. The number of hydrogen-bond acceptors (Lipinski definition) is 2. The topological polar surface area (TPSA) is 50.2 Å². The molecule has 1 aromatic rings. The smallest absolute Gasteiger partial charge is 0.337 e. The number of aromatic nitrogens is 1. The molecular weight excluding hydrogens is 166 g/mol. The number of hydrogen-bond donors (Lipinski definition) is 1. The van der Waals surface area contributed by atoms with Gasteiger partial charge in [0.2, 0.25) is 0 Å².